The molecule has 0 saturated heterocycles. The van der Waals surface area contributed by atoms with Crippen LogP contribution < -0.4 is 5.73 Å². The van der Waals surface area contributed by atoms with Crippen molar-refractivity contribution in [2.45, 2.75) is 0 Å². The number of amidine groups is 1. The first-order valence-corrected chi connectivity index (χ1v) is 2.83. The zero-order chi connectivity index (χ0) is 7.56. The van der Waals surface area contributed by atoms with Crippen molar-refractivity contribution < 1.29 is 5.11 Å². The molecule has 4 N–H and O–H groups in total. The maximum absolute atomic E-state index is 8.91. The molecule has 0 atom stereocenters. The van der Waals surface area contributed by atoms with Gasteiger partial charge in [-0.3, -0.25) is 5.41 Å². The van der Waals surface area contributed by atoms with Crippen molar-refractivity contribution >= 4 is 18.2 Å². The monoisotopic (exact) mass is 172 g/mol. The standard InChI is InChI=1S/C7H8N2O.ClH/c8-7(9)5-2-1-3-6(10)4-5;/h1-4,10H,(H3,8,9);1H. The van der Waals surface area contributed by atoms with Crippen LogP contribution in [0.2, 0.25) is 0 Å². The van der Waals surface area contributed by atoms with Crippen molar-refractivity contribution in [2.75, 3.05) is 0 Å². The molecule has 0 aromatic heterocycles. The summed E-state index contributed by atoms with van der Waals surface area (Å²) in [7, 11) is 0. The number of rotatable bonds is 1. The maximum Gasteiger partial charge on any atom is 0.122 e. The summed E-state index contributed by atoms with van der Waals surface area (Å²) >= 11 is 0. The van der Waals surface area contributed by atoms with Crippen molar-refractivity contribution in [1.29, 1.82) is 5.41 Å². The van der Waals surface area contributed by atoms with Gasteiger partial charge in [-0.15, -0.1) is 12.4 Å². The lowest BCUT2D eigenvalue weighted by Crippen LogP contribution is -2.10. The normalized spacial score (nSPS) is 8.36. The number of hydrogen-bond acceptors (Lipinski definition) is 2. The first kappa shape index (κ1) is 9.78. The number of phenolic OH excluding ortho intramolecular Hbond substituents is 1. The molecular weight excluding hydrogens is 164 g/mol. The summed E-state index contributed by atoms with van der Waals surface area (Å²) in [4.78, 5) is 0. The highest BCUT2D eigenvalue weighted by Crippen LogP contribution is 2.09. The minimum Gasteiger partial charge on any atom is -0.508 e. The third-order valence-corrected chi connectivity index (χ3v) is 1.16. The molecule has 60 valence electrons. The van der Waals surface area contributed by atoms with Gasteiger partial charge in [-0.25, -0.2) is 0 Å². The van der Waals surface area contributed by atoms with Crippen LogP contribution in [0.5, 0.6) is 5.75 Å². The van der Waals surface area contributed by atoms with Gasteiger partial charge in [0.05, 0.1) is 0 Å². The van der Waals surface area contributed by atoms with Gasteiger partial charge in [0.2, 0.25) is 0 Å². The molecule has 0 heterocycles. The van der Waals surface area contributed by atoms with E-state index in [0.717, 1.165) is 0 Å². The Morgan fingerprint density at radius 1 is 1.45 bits per heavy atom. The number of aromatic hydroxyl groups is 1. The first-order chi connectivity index (χ1) is 4.70. The van der Waals surface area contributed by atoms with Gasteiger partial charge in [0, 0.05) is 5.56 Å². The fourth-order valence-corrected chi connectivity index (χ4v) is 0.673. The number of nitrogens with two attached hydrogens (primary N) is 1. The number of nitrogens with one attached hydrogen (secondary N) is 1. The predicted molar refractivity (Wildman–Crippen MR) is 46.4 cm³/mol. The van der Waals surface area contributed by atoms with Gasteiger partial charge in [0.25, 0.3) is 0 Å². The molecule has 0 fully saturated rings. The molecule has 0 aliphatic heterocycles. The van der Waals surface area contributed by atoms with Crippen molar-refractivity contribution in [3.05, 3.63) is 29.8 Å². The molecule has 0 saturated carbocycles. The third-order valence-electron chi connectivity index (χ3n) is 1.16. The van der Waals surface area contributed by atoms with E-state index >= 15 is 0 Å². The fourth-order valence-electron chi connectivity index (χ4n) is 0.673. The average molecular weight is 173 g/mol. The lowest BCUT2D eigenvalue weighted by Gasteiger charge is -1.96. The van der Waals surface area contributed by atoms with Crippen LogP contribution in [0.3, 0.4) is 0 Å². The Labute approximate surface area is 70.8 Å². The van der Waals surface area contributed by atoms with Gasteiger partial charge in [0.1, 0.15) is 11.6 Å². The first-order valence-electron chi connectivity index (χ1n) is 2.83. The number of benzene rings is 1. The molecule has 3 nitrogen and oxygen atoms in total. The summed E-state index contributed by atoms with van der Waals surface area (Å²) in [5.74, 6) is 0.101. The summed E-state index contributed by atoms with van der Waals surface area (Å²) < 4.78 is 0. The van der Waals surface area contributed by atoms with Gasteiger partial charge in [0.15, 0.2) is 0 Å². The summed E-state index contributed by atoms with van der Waals surface area (Å²) in [5, 5.41) is 15.9. The molecular formula is C7H9ClN2O. The van der Waals surface area contributed by atoms with Gasteiger partial charge < -0.3 is 10.8 Å². The molecule has 1 aromatic carbocycles. The van der Waals surface area contributed by atoms with E-state index < -0.39 is 0 Å². The van der Waals surface area contributed by atoms with E-state index in [1.165, 1.54) is 12.1 Å². The Kier molecular flexibility index (Phi) is 3.40. The number of nitrogen functional groups attached to an aromatic ring is 1. The summed E-state index contributed by atoms with van der Waals surface area (Å²) in [5.41, 5.74) is 5.70. The van der Waals surface area contributed by atoms with Crippen molar-refractivity contribution in [1.82, 2.24) is 0 Å². The molecule has 11 heavy (non-hydrogen) atoms. The number of phenols is 1. The quantitative estimate of drug-likeness (QED) is 0.439. The van der Waals surface area contributed by atoms with Crippen molar-refractivity contribution in [3.8, 4) is 5.75 Å². The molecule has 1 aromatic rings. The van der Waals surface area contributed by atoms with Crippen LogP contribution in [0.25, 0.3) is 0 Å². The topological polar surface area (TPSA) is 70.1 Å². The fraction of sp³-hybridized carbons (Fsp3) is 0. The molecule has 1 rings (SSSR count). The predicted octanol–water partition coefficient (Wildman–Crippen LogP) is 1.10. The SMILES string of the molecule is Cl.N=C(N)c1cccc(O)c1. The lowest BCUT2D eigenvalue weighted by atomic mass is 10.2. The number of hydrogen-bond donors (Lipinski definition) is 3. The van der Waals surface area contributed by atoms with Crippen LogP contribution in [-0.2, 0) is 0 Å². The molecule has 0 bridgehead atoms. The van der Waals surface area contributed by atoms with E-state index in [4.69, 9.17) is 16.2 Å². The van der Waals surface area contributed by atoms with Crippen LogP contribution in [0.15, 0.2) is 24.3 Å². The van der Waals surface area contributed by atoms with Crippen LogP contribution in [0, 0.1) is 5.41 Å². The summed E-state index contributed by atoms with van der Waals surface area (Å²) in [6.45, 7) is 0. The minimum absolute atomic E-state index is 0. The molecule has 0 aliphatic rings. The maximum atomic E-state index is 8.91. The van der Waals surface area contributed by atoms with E-state index in [2.05, 4.69) is 0 Å². The largest absolute Gasteiger partial charge is 0.508 e. The van der Waals surface area contributed by atoms with Crippen molar-refractivity contribution in [3.63, 3.8) is 0 Å². The number of halogens is 1. The minimum atomic E-state index is -0.0316. The van der Waals surface area contributed by atoms with Crippen LogP contribution in [0.4, 0.5) is 0 Å². The highest BCUT2D eigenvalue weighted by molar-refractivity contribution is 5.95. The Morgan fingerprint density at radius 2 is 2.09 bits per heavy atom. The summed E-state index contributed by atoms with van der Waals surface area (Å²) in [6.07, 6.45) is 0. The van der Waals surface area contributed by atoms with E-state index in [9.17, 15) is 0 Å². The van der Waals surface area contributed by atoms with Crippen molar-refractivity contribution in [2.24, 2.45) is 5.73 Å². The summed E-state index contributed by atoms with van der Waals surface area (Å²) in [6, 6.07) is 6.29. The Hall–Kier alpha value is -1.22. The second-order valence-corrected chi connectivity index (χ2v) is 1.96. The van der Waals surface area contributed by atoms with Gasteiger partial charge in [-0.1, -0.05) is 12.1 Å². The highest BCUT2D eigenvalue weighted by atomic mass is 35.5. The molecule has 4 heteroatoms. The van der Waals surface area contributed by atoms with Gasteiger partial charge >= 0.3 is 0 Å². The molecule has 0 amide bonds. The van der Waals surface area contributed by atoms with Crippen LogP contribution >= 0.6 is 12.4 Å². The zero-order valence-corrected chi connectivity index (χ0v) is 6.56. The second kappa shape index (κ2) is 3.83. The zero-order valence-electron chi connectivity index (χ0n) is 5.74. The molecule has 0 spiro atoms. The van der Waals surface area contributed by atoms with Crippen LogP contribution in [-0.4, -0.2) is 10.9 Å². The Morgan fingerprint density at radius 3 is 2.45 bits per heavy atom. The van der Waals surface area contributed by atoms with E-state index in [1.54, 1.807) is 12.1 Å². The van der Waals surface area contributed by atoms with E-state index in [0.29, 0.717) is 5.56 Å². The highest BCUT2D eigenvalue weighted by Gasteiger charge is 1.94. The van der Waals surface area contributed by atoms with E-state index in [1.807, 2.05) is 0 Å². The molecule has 0 aliphatic carbocycles. The molecule has 0 radical (unpaired) electrons. The smallest absolute Gasteiger partial charge is 0.122 e. The third kappa shape index (κ3) is 2.47. The average Bonchev–Trinajstić information content (AvgIpc) is 1.88. The second-order valence-electron chi connectivity index (χ2n) is 1.96. The molecule has 0 unspecified atom stereocenters. The van der Waals surface area contributed by atoms with E-state index in [-0.39, 0.29) is 24.0 Å². The van der Waals surface area contributed by atoms with Crippen LogP contribution in [0.1, 0.15) is 5.56 Å². The van der Waals surface area contributed by atoms with Gasteiger partial charge in [-0.05, 0) is 12.1 Å². The Balaban J connectivity index is 0.000001000. The lowest BCUT2D eigenvalue weighted by molar-refractivity contribution is 0.475. The Bertz CT molecular complexity index is 262. The van der Waals surface area contributed by atoms with Gasteiger partial charge in [-0.2, -0.15) is 0 Å².